The summed E-state index contributed by atoms with van der Waals surface area (Å²) in [5, 5.41) is 3.06. The van der Waals surface area contributed by atoms with Crippen LogP contribution in [-0.4, -0.2) is 48.0 Å². The number of aromatic nitrogens is 4. The molecule has 0 unspecified atom stereocenters. The fourth-order valence-corrected chi connectivity index (χ4v) is 6.24. The number of hydrogen-bond donors (Lipinski definition) is 1. The molecule has 1 N–H and O–H groups in total. The number of nitrogens with one attached hydrogen (secondary N) is 1. The first-order valence-electron chi connectivity index (χ1n) is 15.6. The first-order chi connectivity index (χ1) is 22.8. The Balaban J connectivity index is 1.26. The molecule has 1 atom stereocenters. The lowest BCUT2D eigenvalue weighted by molar-refractivity contribution is 0.0610. The molecule has 3 aromatic carbocycles. The lowest BCUT2D eigenvalue weighted by atomic mass is 10.0. The number of carbonyl (C=O) groups excluding carboxylic acids is 2. The third-order valence-corrected chi connectivity index (χ3v) is 9.55. The molecule has 2 aliphatic rings. The zero-order chi connectivity index (χ0) is 32.7. The minimum atomic E-state index is -0.423. The van der Waals surface area contributed by atoms with Crippen LogP contribution < -0.4 is 15.7 Å². The average Bonchev–Trinajstić information content (AvgIpc) is 3.87. The SMILES string of the molecule is Cc1cc(C(=O)N2Cc3c(C(=O)NCc4ccccc4-c4ccncn4)n(-c4ccc(OC5CC5)cc4)c(=O)n3C[C@@H]2C)ccc1Br. The van der Waals surface area contributed by atoms with E-state index in [4.69, 9.17) is 4.74 Å². The zero-order valence-electron chi connectivity index (χ0n) is 26.0. The molecule has 0 radical (unpaired) electrons. The monoisotopic (exact) mass is 692 g/mol. The van der Waals surface area contributed by atoms with Crippen LogP contribution in [0.3, 0.4) is 0 Å². The quantitative estimate of drug-likeness (QED) is 0.224. The summed E-state index contributed by atoms with van der Waals surface area (Å²) in [4.78, 5) is 52.3. The van der Waals surface area contributed by atoms with Crippen LogP contribution in [0.15, 0.2) is 94.6 Å². The van der Waals surface area contributed by atoms with Crippen molar-refractivity contribution in [1.29, 1.82) is 0 Å². The third-order valence-electron chi connectivity index (χ3n) is 8.66. The Morgan fingerprint density at radius 3 is 2.55 bits per heavy atom. The maximum Gasteiger partial charge on any atom is 0.333 e. The number of ether oxygens (including phenoxy) is 1. The van der Waals surface area contributed by atoms with Gasteiger partial charge in [0.05, 0.1) is 29.7 Å². The van der Waals surface area contributed by atoms with Gasteiger partial charge in [-0.05, 0) is 86.3 Å². The van der Waals surface area contributed by atoms with Crippen LogP contribution >= 0.6 is 15.9 Å². The molecule has 0 spiro atoms. The first-order valence-corrected chi connectivity index (χ1v) is 16.4. The molecule has 0 bridgehead atoms. The molecule has 7 rings (SSSR count). The number of fused-ring (bicyclic) bond motifs is 1. The minimum absolute atomic E-state index is 0.0977. The van der Waals surface area contributed by atoms with Crippen LogP contribution in [0.25, 0.3) is 16.9 Å². The van der Waals surface area contributed by atoms with Gasteiger partial charge in [0, 0.05) is 40.9 Å². The predicted octanol–water partition coefficient (Wildman–Crippen LogP) is 5.68. The van der Waals surface area contributed by atoms with E-state index in [1.54, 1.807) is 33.9 Å². The highest BCUT2D eigenvalue weighted by molar-refractivity contribution is 9.10. The van der Waals surface area contributed by atoms with Crippen molar-refractivity contribution < 1.29 is 14.3 Å². The van der Waals surface area contributed by atoms with Gasteiger partial charge in [-0.15, -0.1) is 0 Å². The fourth-order valence-electron chi connectivity index (χ4n) is 5.99. The van der Waals surface area contributed by atoms with Crippen LogP contribution in [0, 0.1) is 6.92 Å². The summed E-state index contributed by atoms with van der Waals surface area (Å²) in [7, 11) is 0. The van der Waals surface area contributed by atoms with Crippen molar-refractivity contribution in [3.63, 3.8) is 0 Å². The van der Waals surface area contributed by atoms with Gasteiger partial charge in [0.25, 0.3) is 11.8 Å². The van der Waals surface area contributed by atoms with Crippen LogP contribution in [0.4, 0.5) is 0 Å². The van der Waals surface area contributed by atoms with Crippen molar-refractivity contribution in [2.75, 3.05) is 0 Å². The van der Waals surface area contributed by atoms with Crippen molar-refractivity contribution in [3.8, 4) is 22.7 Å². The normalized spacial score (nSPS) is 15.6. The largest absolute Gasteiger partial charge is 0.490 e. The lowest BCUT2D eigenvalue weighted by Gasteiger charge is -2.34. The number of nitrogens with zero attached hydrogens (tertiary/aromatic N) is 5. The van der Waals surface area contributed by atoms with Crippen molar-refractivity contribution in [3.05, 3.63) is 128 Å². The van der Waals surface area contributed by atoms with Crippen LogP contribution in [0.2, 0.25) is 0 Å². The Hall–Kier alpha value is -5.03. The Morgan fingerprint density at radius 1 is 1.04 bits per heavy atom. The first kappa shape index (κ1) is 30.6. The molecule has 10 nitrogen and oxygen atoms in total. The van der Waals surface area contributed by atoms with E-state index in [9.17, 15) is 14.4 Å². The molecule has 1 saturated carbocycles. The van der Waals surface area contributed by atoms with Gasteiger partial charge < -0.3 is 15.0 Å². The summed E-state index contributed by atoms with van der Waals surface area (Å²) in [5.41, 5.74) is 4.85. The molecule has 3 heterocycles. The number of aryl methyl sites for hydroxylation is 1. The van der Waals surface area contributed by atoms with Gasteiger partial charge in [-0.25, -0.2) is 14.8 Å². The van der Waals surface area contributed by atoms with Gasteiger partial charge in [-0.3, -0.25) is 18.7 Å². The number of hydrogen-bond acceptors (Lipinski definition) is 6. The number of imidazole rings is 1. The minimum Gasteiger partial charge on any atom is -0.490 e. The molecular formula is C36H33BrN6O4. The van der Waals surface area contributed by atoms with E-state index < -0.39 is 5.91 Å². The zero-order valence-corrected chi connectivity index (χ0v) is 27.6. The third kappa shape index (κ3) is 6.10. The topological polar surface area (TPSA) is 111 Å². The van der Waals surface area contributed by atoms with E-state index in [0.717, 1.165) is 45.4 Å². The van der Waals surface area contributed by atoms with Crippen molar-refractivity contribution >= 4 is 27.7 Å². The molecule has 1 aliphatic heterocycles. The Kier molecular flexibility index (Phi) is 8.23. The highest BCUT2D eigenvalue weighted by Gasteiger charge is 2.35. The molecule has 5 aromatic rings. The summed E-state index contributed by atoms with van der Waals surface area (Å²) in [6.45, 7) is 4.40. The van der Waals surface area contributed by atoms with Gasteiger partial charge in [-0.1, -0.05) is 40.2 Å². The molecule has 47 heavy (non-hydrogen) atoms. The van der Waals surface area contributed by atoms with Crippen molar-refractivity contribution in [2.45, 2.75) is 58.5 Å². The highest BCUT2D eigenvalue weighted by Crippen LogP contribution is 2.29. The Bertz CT molecular complexity index is 2040. The van der Waals surface area contributed by atoms with Gasteiger partial charge in [0.15, 0.2) is 0 Å². The molecule has 2 aromatic heterocycles. The molecule has 0 saturated heterocycles. The smallest absolute Gasteiger partial charge is 0.333 e. The van der Waals surface area contributed by atoms with E-state index in [2.05, 4.69) is 31.2 Å². The number of rotatable bonds is 8. The number of benzene rings is 3. The summed E-state index contributed by atoms with van der Waals surface area (Å²) in [6, 6.07) is 22.0. The van der Waals surface area contributed by atoms with E-state index in [1.807, 2.05) is 68.4 Å². The Morgan fingerprint density at radius 2 is 1.83 bits per heavy atom. The van der Waals surface area contributed by atoms with Crippen molar-refractivity contribution in [1.82, 2.24) is 29.3 Å². The summed E-state index contributed by atoms with van der Waals surface area (Å²) < 4.78 is 9.92. The standard InChI is InChI=1S/C36H33BrN6O4/c1-22-17-24(7-14-30(22)37)35(45)41-20-32-33(34(44)39-18-25-5-3-4-6-29(25)31-15-16-38-21-40-31)43(36(46)42(32)19-23(41)2)26-8-10-27(11-9-26)47-28-12-13-28/h3-11,14-17,21,23,28H,12-13,18-20H2,1-2H3,(H,39,44)/t23-/m0/s1. The molecule has 1 fully saturated rings. The van der Waals surface area contributed by atoms with Gasteiger partial charge >= 0.3 is 5.69 Å². The summed E-state index contributed by atoms with van der Waals surface area (Å²) in [6.07, 6.45) is 5.46. The summed E-state index contributed by atoms with van der Waals surface area (Å²) in [5.74, 6) is 0.134. The predicted molar refractivity (Wildman–Crippen MR) is 181 cm³/mol. The fraction of sp³-hybridized carbons (Fsp3) is 0.250. The second kappa shape index (κ2) is 12.6. The molecular weight excluding hydrogens is 660 g/mol. The maximum atomic E-state index is 14.2. The number of carbonyl (C=O) groups is 2. The summed E-state index contributed by atoms with van der Waals surface area (Å²) >= 11 is 3.51. The number of amides is 2. The molecule has 11 heteroatoms. The maximum absolute atomic E-state index is 14.2. The van der Waals surface area contributed by atoms with Gasteiger partial charge in [0.2, 0.25) is 0 Å². The van der Waals surface area contributed by atoms with Gasteiger partial charge in [-0.2, -0.15) is 0 Å². The second-order valence-corrected chi connectivity index (χ2v) is 12.9. The second-order valence-electron chi connectivity index (χ2n) is 12.0. The van der Waals surface area contributed by atoms with Crippen molar-refractivity contribution in [2.24, 2.45) is 0 Å². The van der Waals surface area contributed by atoms with Crippen LogP contribution in [-0.2, 0) is 19.6 Å². The average molecular weight is 694 g/mol. The van der Waals surface area contributed by atoms with E-state index in [0.29, 0.717) is 16.9 Å². The van der Waals surface area contributed by atoms with Crippen LogP contribution in [0.5, 0.6) is 5.75 Å². The van der Waals surface area contributed by atoms with Gasteiger partial charge in [0.1, 0.15) is 17.8 Å². The number of halogens is 1. The molecule has 1 aliphatic carbocycles. The van der Waals surface area contributed by atoms with Crippen LogP contribution in [0.1, 0.15) is 57.4 Å². The highest BCUT2D eigenvalue weighted by atomic mass is 79.9. The molecule has 2 amide bonds. The lowest BCUT2D eigenvalue weighted by Crippen LogP contribution is -2.47. The van der Waals surface area contributed by atoms with E-state index >= 15 is 0 Å². The Labute approximate surface area is 280 Å². The van der Waals surface area contributed by atoms with E-state index in [1.165, 1.54) is 10.9 Å². The molecule has 238 valence electrons. The van der Waals surface area contributed by atoms with E-state index in [-0.39, 0.29) is 49.1 Å².